The molecule has 1 aromatic carbocycles. The van der Waals surface area contributed by atoms with Crippen molar-refractivity contribution in [1.82, 2.24) is 0 Å². The number of benzene rings is 1. The van der Waals surface area contributed by atoms with Gasteiger partial charge in [-0.15, -0.1) is 5.14 Å². The van der Waals surface area contributed by atoms with Crippen molar-refractivity contribution in [2.24, 2.45) is 5.14 Å². The van der Waals surface area contributed by atoms with Crippen LogP contribution in [0.4, 0.5) is 0 Å². The molecule has 2 nitrogen and oxygen atoms in total. The lowest BCUT2D eigenvalue weighted by atomic mass is 10.2. The van der Waals surface area contributed by atoms with Gasteiger partial charge in [-0.05, 0) is 11.6 Å². The molecular weight excluding hydrogens is 158 g/mol. The van der Waals surface area contributed by atoms with Crippen molar-refractivity contribution in [3.63, 3.8) is 0 Å². The van der Waals surface area contributed by atoms with E-state index in [1.54, 1.807) is 6.08 Å². The summed E-state index contributed by atoms with van der Waals surface area (Å²) in [5.74, 6) is 0. The Bertz CT molecular complexity index is 233. The standard InChI is InChI=1S/C8H9NOS/c9-11(10)7-6-8-4-2-1-3-5-8/h1-7H,9H2. The maximum atomic E-state index is 10.4. The molecule has 1 atom stereocenters. The highest BCUT2D eigenvalue weighted by Gasteiger charge is 1.88. The topological polar surface area (TPSA) is 49.1 Å². The monoisotopic (exact) mass is 167 g/mol. The molecule has 0 aromatic heterocycles. The Labute approximate surface area is 69.0 Å². The number of hydrogen-bond donors (Lipinski definition) is 1. The largest absolute Gasteiger partial charge is 0.594 e. The van der Waals surface area contributed by atoms with Crippen LogP contribution in [0.1, 0.15) is 5.56 Å². The Morgan fingerprint density at radius 2 is 1.91 bits per heavy atom. The summed E-state index contributed by atoms with van der Waals surface area (Å²) in [5, 5.41) is 6.48. The third kappa shape index (κ3) is 3.23. The first-order valence-corrected chi connectivity index (χ1v) is 4.45. The average molecular weight is 167 g/mol. The summed E-state index contributed by atoms with van der Waals surface area (Å²) in [5.41, 5.74) is 1.01. The lowest BCUT2D eigenvalue weighted by Gasteiger charge is -1.93. The van der Waals surface area contributed by atoms with Gasteiger partial charge in [0.15, 0.2) is 0 Å². The van der Waals surface area contributed by atoms with Crippen LogP contribution in [0.2, 0.25) is 0 Å². The van der Waals surface area contributed by atoms with Crippen LogP contribution >= 0.6 is 0 Å². The second-order valence-electron chi connectivity index (χ2n) is 2.04. The van der Waals surface area contributed by atoms with E-state index in [0.717, 1.165) is 5.56 Å². The SMILES string of the molecule is N[S+]([O-])C=Cc1ccccc1. The third-order valence-electron chi connectivity index (χ3n) is 1.19. The van der Waals surface area contributed by atoms with Crippen molar-refractivity contribution in [2.75, 3.05) is 0 Å². The molecule has 1 unspecified atom stereocenters. The van der Waals surface area contributed by atoms with E-state index in [2.05, 4.69) is 0 Å². The molecule has 3 heteroatoms. The van der Waals surface area contributed by atoms with Crippen molar-refractivity contribution < 1.29 is 4.55 Å². The van der Waals surface area contributed by atoms with Gasteiger partial charge in [0, 0.05) is 0 Å². The van der Waals surface area contributed by atoms with Gasteiger partial charge in [-0.2, -0.15) is 0 Å². The molecule has 0 aliphatic heterocycles. The summed E-state index contributed by atoms with van der Waals surface area (Å²) in [6.45, 7) is 0. The molecule has 11 heavy (non-hydrogen) atoms. The summed E-state index contributed by atoms with van der Waals surface area (Å²) in [6, 6.07) is 9.60. The molecule has 0 aliphatic carbocycles. The first kappa shape index (κ1) is 8.33. The number of nitrogens with two attached hydrogens (primary N) is 1. The molecule has 0 bridgehead atoms. The summed E-state index contributed by atoms with van der Waals surface area (Å²) in [4.78, 5) is 0. The lowest BCUT2D eigenvalue weighted by molar-refractivity contribution is 0.605. The summed E-state index contributed by atoms with van der Waals surface area (Å²) < 4.78 is 10.4. The Kier molecular flexibility index (Phi) is 3.16. The van der Waals surface area contributed by atoms with Crippen molar-refractivity contribution in [3.8, 4) is 0 Å². The van der Waals surface area contributed by atoms with Gasteiger partial charge in [-0.25, -0.2) is 0 Å². The highest BCUT2D eigenvalue weighted by atomic mass is 32.2. The summed E-state index contributed by atoms with van der Waals surface area (Å²) in [7, 11) is 0. The van der Waals surface area contributed by atoms with Gasteiger partial charge in [0.1, 0.15) is 5.41 Å². The maximum absolute atomic E-state index is 10.4. The van der Waals surface area contributed by atoms with Crippen molar-refractivity contribution in [3.05, 3.63) is 41.3 Å². The quantitative estimate of drug-likeness (QED) is 0.674. The molecule has 0 fully saturated rings. The molecule has 0 spiro atoms. The van der Waals surface area contributed by atoms with Crippen molar-refractivity contribution >= 4 is 17.4 Å². The molecule has 1 aromatic rings. The van der Waals surface area contributed by atoms with E-state index >= 15 is 0 Å². The molecule has 2 N–H and O–H groups in total. The zero-order chi connectivity index (χ0) is 8.10. The van der Waals surface area contributed by atoms with Crippen LogP contribution in [0.25, 0.3) is 6.08 Å². The van der Waals surface area contributed by atoms with Crippen molar-refractivity contribution in [1.29, 1.82) is 0 Å². The van der Waals surface area contributed by atoms with E-state index in [9.17, 15) is 4.55 Å². The fraction of sp³-hybridized carbons (Fsp3) is 0. The van der Waals surface area contributed by atoms with Crippen LogP contribution < -0.4 is 5.14 Å². The van der Waals surface area contributed by atoms with Crippen LogP contribution in [-0.2, 0) is 11.4 Å². The molecule has 0 saturated carbocycles. The Morgan fingerprint density at radius 1 is 1.27 bits per heavy atom. The molecule has 0 amide bonds. The molecule has 0 aliphatic rings. The van der Waals surface area contributed by atoms with E-state index < -0.39 is 11.4 Å². The molecule has 0 saturated heterocycles. The van der Waals surface area contributed by atoms with Crippen LogP contribution in [0, 0.1) is 0 Å². The highest BCUT2D eigenvalue weighted by Crippen LogP contribution is 2.01. The van der Waals surface area contributed by atoms with E-state index in [-0.39, 0.29) is 0 Å². The van der Waals surface area contributed by atoms with Crippen LogP contribution in [0.3, 0.4) is 0 Å². The Morgan fingerprint density at radius 3 is 2.45 bits per heavy atom. The first-order chi connectivity index (χ1) is 5.29. The Hall–Kier alpha value is -0.770. The van der Waals surface area contributed by atoms with E-state index in [4.69, 9.17) is 5.14 Å². The second-order valence-corrected chi connectivity index (χ2v) is 2.97. The van der Waals surface area contributed by atoms with Crippen LogP contribution in [-0.4, -0.2) is 4.55 Å². The lowest BCUT2D eigenvalue weighted by Crippen LogP contribution is -2.06. The zero-order valence-corrected chi connectivity index (χ0v) is 6.75. The normalized spacial score (nSPS) is 13.6. The average Bonchev–Trinajstić information content (AvgIpc) is 2.03. The highest BCUT2D eigenvalue weighted by molar-refractivity contribution is 7.92. The van der Waals surface area contributed by atoms with E-state index in [0.29, 0.717) is 0 Å². The molecule has 0 radical (unpaired) electrons. The van der Waals surface area contributed by atoms with E-state index in [1.165, 1.54) is 5.41 Å². The van der Waals surface area contributed by atoms with Gasteiger partial charge >= 0.3 is 0 Å². The van der Waals surface area contributed by atoms with Crippen LogP contribution in [0.5, 0.6) is 0 Å². The molecule has 0 heterocycles. The smallest absolute Gasteiger partial charge is 0.138 e. The maximum Gasteiger partial charge on any atom is 0.138 e. The molecule has 1 rings (SSSR count). The van der Waals surface area contributed by atoms with Crippen molar-refractivity contribution in [2.45, 2.75) is 0 Å². The first-order valence-electron chi connectivity index (χ1n) is 3.17. The third-order valence-corrected chi connectivity index (χ3v) is 1.60. The predicted octanol–water partition coefficient (Wildman–Crippen LogP) is 1.28. The number of rotatable bonds is 2. The van der Waals surface area contributed by atoms with Gasteiger partial charge in [0.05, 0.1) is 11.4 Å². The Balaban J connectivity index is 2.65. The fourth-order valence-corrected chi connectivity index (χ4v) is 1.00. The van der Waals surface area contributed by atoms with Gasteiger partial charge in [0.2, 0.25) is 0 Å². The van der Waals surface area contributed by atoms with Gasteiger partial charge in [-0.3, -0.25) is 0 Å². The van der Waals surface area contributed by atoms with Crippen LogP contribution in [0.15, 0.2) is 35.7 Å². The van der Waals surface area contributed by atoms with E-state index in [1.807, 2.05) is 30.3 Å². The van der Waals surface area contributed by atoms with Gasteiger partial charge < -0.3 is 4.55 Å². The minimum Gasteiger partial charge on any atom is -0.594 e. The summed E-state index contributed by atoms with van der Waals surface area (Å²) >= 11 is -1.35. The van der Waals surface area contributed by atoms with Gasteiger partial charge in [0.25, 0.3) is 0 Å². The molecular formula is C8H9NOS. The summed E-state index contributed by atoms with van der Waals surface area (Å²) in [6.07, 6.45) is 1.73. The van der Waals surface area contributed by atoms with Gasteiger partial charge in [-0.1, -0.05) is 30.3 Å². The fourth-order valence-electron chi connectivity index (χ4n) is 0.710. The minimum absolute atomic E-state index is 1.01. The zero-order valence-electron chi connectivity index (χ0n) is 5.94. The second kappa shape index (κ2) is 4.18. The predicted molar refractivity (Wildman–Crippen MR) is 47.8 cm³/mol. The molecule has 58 valence electrons. The minimum atomic E-state index is -1.35. The number of hydrogen-bond acceptors (Lipinski definition) is 2.